The van der Waals surface area contributed by atoms with E-state index in [2.05, 4.69) is 4.98 Å². The SMILES string of the molecule is O=C(CCCN1C(=O)c2ccccc2C1=O)N1CCCN(c2ccc(C(F)(F)F)cn2)CC1. The number of aromatic nitrogens is 1. The Kier molecular flexibility index (Phi) is 6.35. The zero-order valence-electron chi connectivity index (χ0n) is 17.8. The molecule has 4 rings (SSSR count). The molecule has 0 aliphatic carbocycles. The third-order valence-electron chi connectivity index (χ3n) is 5.90. The van der Waals surface area contributed by atoms with E-state index < -0.39 is 11.7 Å². The van der Waals surface area contributed by atoms with E-state index in [0.29, 0.717) is 56.0 Å². The predicted molar refractivity (Wildman–Crippen MR) is 114 cm³/mol. The summed E-state index contributed by atoms with van der Waals surface area (Å²) in [6.45, 7) is 2.17. The summed E-state index contributed by atoms with van der Waals surface area (Å²) in [5.74, 6) is -0.299. The van der Waals surface area contributed by atoms with Crippen LogP contribution >= 0.6 is 0 Å². The maximum atomic E-state index is 12.7. The summed E-state index contributed by atoms with van der Waals surface area (Å²) in [6.07, 6.45) is -2.38. The van der Waals surface area contributed by atoms with Crippen molar-refractivity contribution in [2.75, 3.05) is 37.6 Å². The number of amides is 3. The summed E-state index contributed by atoms with van der Waals surface area (Å²) in [4.78, 5) is 46.2. The molecule has 10 heteroatoms. The molecule has 0 radical (unpaired) electrons. The van der Waals surface area contributed by atoms with Crippen molar-refractivity contribution in [2.45, 2.75) is 25.4 Å². The Hall–Kier alpha value is -3.43. The topological polar surface area (TPSA) is 73.8 Å². The molecule has 1 aromatic carbocycles. The molecule has 0 unspecified atom stereocenters. The van der Waals surface area contributed by atoms with E-state index >= 15 is 0 Å². The van der Waals surface area contributed by atoms with Gasteiger partial charge in [0.2, 0.25) is 5.91 Å². The summed E-state index contributed by atoms with van der Waals surface area (Å²) in [5, 5.41) is 0. The zero-order chi connectivity index (χ0) is 23.6. The number of carbonyl (C=O) groups excluding carboxylic acids is 3. The molecule has 2 aliphatic rings. The molecule has 3 amide bonds. The number of anilines is 1. The fourth-order valence-corrected chi connectivity index (χ4v) is 4.13. The van der Waals surface area contributed by atoms with E-state index in [0.717, 1.165) is 12.3 Å². The Labute approximate surface area is 188 Å². The van der Waals surface area contributed by atoms with E-state index in [1.165, 1.54) is 11.0 Å². The lowest BCUT2D eigenvalue weighted by Gasteiger charge is -2.23. The van der Waals surface area contributed by atoms with Crippen LogP contribution in [0.5, 0.6) is 0 Å². The minimum Gasteiger partial charge on any atom is -0.355 e. The number of imide groups is 1. The molecule has 7 nitrogen and oxygen atoms in total. The van der Waals surface area contributed by atoms with Crippen LogP contribution in [0.1, 0.15) is 45.5 Å². The Morgan fingerprint density at radius 3 is 2.24 bits per heavy atom. The maximum absolute atomic E-state index is 12.7. The number of pyridine rings is 1. The van der Waals surface area contributed by atoms with Gasteiger partial charge in [0, 0.05) is 45.3 Å². The molecule has 0 bridgehead atoms. The van der Waals surface area contributed by atoms with Gasteiger partial charge < -0.3 is 9.80 Å². The first-order valence-electron chi connectivity index (χ1n) is 10.8. The van der Waals surface area contributed by atoms with E-state index in [1.54, 1.807) is 29.2 Å². The van der Waals surface area contributed by atoms with Gasteiger partial charge in [0.1, 0.15) is 5.82 Å². The number of alkyl halides is 3. The van der Waals surface area contributed by atoms with Crippen molar-refractivity contribution in [1.82, 2.24) is 14.8 Å². The summed E-state index contributed by atoms with van der Waals surface area (Å²) < 4.78 is 38.2. The van der Waals surface area contributed by atoms with Crippen molar-refractivity contribution in [3.05, 3.63) is 59.3 Å². The lowest BCUT2D eigenvalue weighted by molar-refractivity contribution is -0.137. The highest BCUT2D eigenvalue weighted by atomic mass is 19.4. The van der Waals surface area contributed by atoms with Gasteiger partial charge in [0.25, 0.3) is 11.8 Å². The molecule has 1 fully saturated rings. The van der Waals surface area contributed by atoms with Crippen LogP contribution in [0.25, 0.3) is 0 Å². The number of rotatable bonds is 5. The van der Waals surface area contributed by atoms with Gasteiger partial charge >= 0.3 is 6.18 Å². The Morgan fingerprint density at radius 2 is 1.64 bits per heavy atom. The zero-order valence-corrected chi connectivity index (χ0v) is 17.8. The van der Waals surface area contributed by atoms with E-state index in [9.17, 15) is 27.6 Å². The normalized spacial score (nSPS) is 16.8. The number of halogens is 3. The molecule has 2 aromatic rings. The van der Waals surface area contributed by atoms with Gasteiger partial charge in [-0.1, -0.05) is 12.1 Å². The summed E-state index contributed by atoms with van der Waals surface area (Å²) in [6, 6.07) is 9.02. The molecule has 1 aromatic heterocycles. The largest absolute Gasteiger partial charge is 0.417 e. The quantitative estimate of drug-likeness (QED) is 0.641. The first-order chi connectivity index (χ1) is 15.8. The number of benzene rings is 1. The van der Waals surface area contributed by atoms with Crippen LogP contribution in [0.4, 0.5) is 19.0 Å². The number of carbonyl (C=O) groups is 3. The number of fused-ring (bicyclic) bond motifs is 1. The first-order valence-corrected chi connectivity index (χ1v) is 10.8. The van der Waals surface area contributed by atoms with Crippen LogP contribution in [0, 0.1) is 0 Å². The third-order valence-corrected chi connectivity index (χ3v) is 5.90. The highest BCUT2D eigenvalue weighted by Crippen LogP contribution is 2.29. The predicted octanol–water partition coefficient (Wildman–Crippen LogP) is 3.22. The summed E-state index contributed by atoms with van der Waals surface area (Å²) in [7, 11) is 0. The molecular formula is C23H23F3N4O3. The van der Waals surface area contributed by atoms with Crippen molar-refractivity contribution in [3.8, 4) is 0 Å². The van der Waals surface area contributed by atoms with Crippen LogP contribution in [0.2, 0.25) is 0 Å². The maximum Gasteiger partial charge on any atom is 0.417 e. The van der Waals surface area contributed by atoms with Gasteiger partial charge in [0.05, 0.1) is 16.7 Å². The monoisotopic (exact) mass is 460 g/mol. The number of nitrogens with zero attached hydrogens (tertiary/aromatic N) is 4. The van der Waals surface area contributed by atoms with Crippen molar-refractivity contribution >= 4 is 23.5 Å². The Balaban J connectivity index is 1.27. The van der Waals surface area contributed by atoms with Gasteiger partial charge in [-0.3, -0.25) is 19.3 Å². The third kappa shape index (κ3) is 4.84. The molecule has 33 heavy (non-hydrogen) atoms. The molecule has 0 N–H and O–H groups in total. The van der Waals surface area contributed by atoms with Gasteiger partial charge in [-0.25, -0.2) is 4.98 Å². The molecule has 174 valence electrons. The first kappa shape index (κ1) is 22.8. The smallest absolute Gasteiger partial charge is 0.355 e. The van der Waals surface area contributed by atoms with Crippen LogP contribution in [0.15, 0.2) is 42.6 Å². The standard InChI is InChI=1S/C23H23F3N4O3/c24-23(25,26)16-8-9-19(27-15-16)28-10-4-11-29(14-13-28)20(31)7-3-12-30-21(32)17-5-1-2-6-18(17)22(30)33/h1-2,5-6,8-9,15H,3-4,7,10-14H2. The van der Waals surface area contributed by atoms with Gasteiger partial charge in [0.15, 0.2) is 0 Å². The Bertz CT molecular complexity index is 1020. The van der Waals surface area contributed by atoms with E-state index in [-0.39, 0.29) is 30.7 Å². The summed E-state index contributed by atoms with van der Waals surface area (Å²) in [5.41, 5.74) is -0.0208. The molecule has 0 atom stereocenters. The highest BCUT2D eigenvalue weighted by molar-refractivity contribution is 6.21. The lowest BCUT2D eigenvalue weighted by Crippen LogP contribution is -2.36. The summed E-state index contributed by atoms with van der Waals surface area (Å²) >= 11 is 0. The molecule has 1 saturated heterocycles. The average Bonchev–Trinajstić information content (AvgIpc) is 2.96. The van der Waals surface area contributed by atoms with Crippen LogP contribution in [-0.2, 0) is 11.0 Å². The van der Waals surface area contributed by atoms with Crippen LogP contribution in [-0.4, -0.2) is 65.2 Å². The van der Waals surface area contributed by atoms with E-state index in [1.807, 2.05) is 4.90 Å². The van der Waals surface area contributed by atoms with Gasteiger partial charge in [-0.2, -0.15) is 13.2 Å². The lowest BCUT2D eigenvalue weighted by atomic mass is 10.1. The second kappa shape index (κ2) is 9.21. The van der Waals surface area contributed by atoms with Crippen molar-refractivity contribution in [3.63, 3.8) is 0 Å². The van der Waals surface area contributed by atoms with Gasteiger partial charge in [-0.05, 0) is 37.1 Å². The number of hydrogen-bond acceptors (Lipinski definition) is 5. The number of hydrogen-bond donors (Lipinski definition) is 0. The molecule has 3 heterocycles. The Morgan fingerprint density at radius 1 is 0.939 bits per heavy atom. The fraction of sp³-hybridized carbons (Fsp3) is 0.391. The van der Waals surface area contributed by atoms with Crippen molar-refractivity contribution in [2.24, 2.45) is 0 Å². The van der Waals surface area contributed by atoms with Gasteiger partial charge in [-0.15, -0.1) is 0 Å². The average molecular weight is 460 g/mol. The van der Waals surface area contributed by atoms with Crippen LogP contribution < -0.4 is 4.90 Å². The second-order valence-corrected chi connectivity index (χ2v) is 8.04. The van der Waals surface area contributed by atoms with E-state index in [4.69, 9.17) is 0 Å². The second-order valence-electron chi connectivity index (χ2n) is 8.04. The fourth-order valence-electron chi connectivity index (χ4n) is 4.13. The minimum atomic E-state index is -4.43. The van der Waals surface area contributed by atoms with Crippen molar-refractivity contribution < 1.29 is 27.6 Å². The van der Waals surface area contributed by atoms with Crippen molar-refractivity contribution in [1.29, 1.82) is 0 Å². The molecule has 0 saturated carbocycles. The molecular weight excluding hydrogens is 437 g/mol. The minimum absolute atomic E-state index is 0.0752. The molecule has 2 aliphatic heterocycles. The van der Waals surface area contributed by atoms with Crippen LogP contribution in [0.3, 0.4) is 0 Å². The molecule has 0 spiro atoms. The highest BCUT2D eigenvalue weighted by Gasteiger charge is 2.35.